The van der Waals surface area contributed by atoms with Crippen LogP contribution in [0.1, 0.15) is 56.1 Å². The third kappa shape index (κ3) is 7.65. The second kappa shape index (κ2) is 10.6. The highest BCUT2D eigenvalue weighted by Gasteiger charge is 2.33. The van der Waals surface area contributed by atoms with E-state index in [1.807, 2.05) is 20.8 Å². The number of rotatable bonds is 8. The molecule has 0 atom stereocenters. The van der Waals surface area contributed by atoms with E-state index in [-0.39, 0.29) is 19.1 Å². The van der Waals surface area contributed by atoms with E-state index in [1.54, 1.807) is 55.2 Å². The van der Waals surface area contributed by atoms with Gasteiger partial charge in [0.1, 0.15) is 17.0 Å². The summed E-state index contributed by atoms with van der Waals surface area (Å²) < 4.78 is 38.0. The lowest BCUT2D eigenvalue weighted by atomic mass is 10.1. The van der Waals surface area contributed by atoms with E-state index in [0.717, 1.165) is 17.0 Å². The van der Waals surface area contributed by atoms with Gasteiger partial charge in [-0.25, -0.2) is 13.6 Å². The van der Waals surface area contributed by atoms with E-state index in [4.69, 9.17) is 9.47 Å². The van der Waals surface area contributed by atoms with Gasteiger partial charge in [0, 0.05) is 16.7 Å². The average Bonchev–Trinajstić information content (AvgIpc) is 3.21. The van der Waals surface area contributed by atoms with E-state index in [1.165, 1.54) is 17.8 Å². The molecule has 0 spiro atoms. The lowest BCUT2D eigenvalue weighted by molar-refractivity contribution is -0.156. The highest BCUT2D eigenvalue weighted by molar-refractivity contribution is 8.01. The Morgan fingerprint density at radius 2 is 1.66 bits per heavy atom. The van der Waals surface area contributed by atoms with Gasteiger partial charge in [0.25, 0.3) is 0 Å². The molecule has 6 nitrogen and oxygen atoms in total. The Kier molecular flexibility index (Phi) is 8.00. The fourth-order valence-electron chi connectivity index (χ4n) is 3.02. The number of hydrogen-bond acceptors (Lipinski definition) is 6. The predicted molar refractivity (Wildman–Crippen MR) is 129 cm³/mol. The predicted octanol–water partition coefficient (Wildman–Crippen LogP) is 5.78. The molecule has 3 rings (SSSR count). The summed E-state index contributed by atoms with van der Waals surface area (Å²) in [6, 6.07) is 10.5. The Balaban J connectivity index is 1.53. The molecule has 0 aliphatic carbocycles. The Morgan fingerprint density at radius 3 is 2.29 bits per heavy atom. The molecule has 0 saturated carbocycles. The number of carbonyl (C=O) groups is 2. The molecule has 0 bridgehead atoms. The van der Waals surface area contributed by atoms with Gasteiger partial charge in [0.2, 0.25) is 0 Å². The van der Waals surface area contributed by atoms with Crippen molar-refractivity contribution in [3.8, 4) is 0 Å². The number of carbonyl (C=O) groups excluding carboxylic acids is 2. The van der Waals surface area contributed by atoms with Crippen LogP contribution < -0.4 is 0 Å². The van der Waals surface area contributed by atoms with Crippen LogP contribution in [-0.2, 0) is 27.4 Å². The molecule has 1 heterocycles. The molecule has 3 aromatic rings. The first kappa shape index (κ1) is 26.4. The van der Waals surface area contributed by atoms with Crippen LogP contribution in [-0.4, -0.2) is 32.1 Å². The second-order valence-electron chi connectivity index (χ2n) is 9.51. The highest BCUT2D eigenvalue weighted by Crippen LogP contribution is 2.34. The van der Waals surface area contributed by atoms with E-state index in [0.29, 0.717) is 16.7 Å². The Labute approximate surface area is 207 Å². The van der Waals surface area contributed by atoms with Gasteiger partial charge in [0.05, 0.1) is 18.3 Å². The van der Waals surface area contributed by atoms with Crippen LogP contribution >= 0.6 is 11.8 Å². The van der Waals surface area contributed by atoms with Crippen molar-refractivity contribution in [2.45, 2.75) is 63.0 Å². The summed E-state index contributed by atoms with van der Waals surface area (Å²) in [5.74, 6) is -2.63. The molecule has 0 unspecified atom stereocenters. The number of aromatic nitrogens is 2. The molecule has 1 aromatic heterocycles. The topological polar surface area (TPSA) is 70.4 Å². The summed E-state index contributed by atoms with van der Waals surface area (Å²) in [5, 5.41) is 4.16. The van der Waals surface area contributed by atoms with Gasteiger partial charge in [-0.2, -0.15) is 5.10 Å². The fourth-order valence-corrected chi connectivity index (χ4v) is 4.01. The molecule has 0 aliphatic rings. The summed E-state index contributed by atoms with van der Waals surface area (Å²) >= 11 is 1.35. The first-order chi connectivity index (χ1) is 16.3. The van der Waals surface area contributed by atoms with Crippen molar-refractivity contribution in [3.05, 3.63) is 83.2 Å². The van der Waals surface area contributed by atoms with Crippen LogP contribution in [0, 0.1) is 11.6 Å². The first-order valence-corrected chi connectivity index (χ1v) is 11.8. The maximum Gasteiger partial charge on any atom is 0.338 e. The number of thioether (sulfide) groups is 1. The number of nitrogens with zero attached hydrogens (tertiary/aromatic N) is 2. The largest absolute Gasteiger partial charge is 0.459 e. The van der Waals surface area contributed by atoms with Crippen LogP contribution in [0.2, 0.25) is 0 Å². The molecule has 2 aromatic carbocycles. The molecular weight excluding hydrogens is 474 g/mol. The van der Waals surface area contributed by atoms with Crippen LogP contribution in [0.4, 0.5) is 8.78 Å². The maximum absolute atomic E-state index is 13.4. The van der Waals surface area contributed by atoms with Crippen LogP contribution in [0.25, 0.3) is 0 Å². The summed E-state index contributed by atoms with van der Waals surface area (Å²) in [6.07, 6.45) is 3.22. The Bertz CT molecular complexity index is 1200. The van der Waals surface area contributed by atoms with Gasteiger partial charge in [-0.05, 0) is 76.6 Å². The quantitative estimate of drug-likeness (QED) is 0.287. The van der Waals surface area contributed by atoms with E-state index in [9.17, 15) is 18.4 Å². The smallest absolute Gasteiger partial charge is 0.338 e. The summed E-state index contributed by atoms with van der Waals surface area (Å²) in [7, 11) is 0. The lowest BCUT2D eigenvalue weighted by Crippen LogP contribution is -2.36. The molecule has 9 heteroatoms. The molecule has 0 fully saturated rings. The van der Waals surface area contributed by atoms with Crippen molar-refractivity contribution >= 4 is 23.7 Å². The minimum atomic E-state index is -0.915. The zero-order chi connectivity index (χ0) is 25.8. The summed E-state index contributed by atoms with van der Waals surface area (Å²) in [5.41, 5.74) is 1.02. The Hall–Kier alpha value is -3.20. The minimum absolute atomic E-state index is 0.0127. The van der Waals surface area contributed by atoms with Crippen LogP contribution in [0.5, 0.6) is 0 Å². The van der Waals surface area contributed by atoms with Gasteiger partial charge in [-0.1, -0.05) is 6.07 Å². The summed E-state index contributed by atoms with van der Waals surface area (Å²) in [4.78, 5) is 25.7. The van der Waals surface area contributed by atoms with Crippen molar-refractivity contribution in [2.75, 3.05) is 0 Å². The van der Waals surface area contributed by atoms with Crippen molar-refractivity contribution in [1.82, 2.24) is 9.78 Å². The zero-order valence-corrected chi connectivity index (χ0v) is 21.1. The number of ether oxygens (including phenoxy) is 2. The molecular formula is C26H28F2N2O4S. The number of benzene rings is 2. The molecule has 0 radical (unpaired) electrons. The number of halogens is 2. The maximum atomic E-state index is 13.4. The second-order valence-corrected chi connectivity index (χ2v) is 11.2. The SMILES string of the molecule is CC(C)(C)OC(=O)C(C)(C)Sc1ccc(C(=O)OCc2cnn(Cc3ccc(F)c(F)c3)c2)cc1. The number of hydrogen-bond donors (Lipinski definition) is 0. The number of esters is 2. The minimum Gasteiger partial charge on any atom is -0.459 e. The summed E-state index contributed by atoms with van der Waals surface area (Å²) in [6.45, 7) is 9.32. The van der Waals surface area contributed by atoms with E-state index >= 15 is 0 Å². The lowest BCUT2D eigenvalue weighted by Gasteiger charge is -2.28. The normalized spacial score (nSPS) is 11.9. The molecule has 0 N–H and O–H groups in total. The average molecular weight is 503 g/mol. The van der Waals surface area contributed by atoms with Crippen molar-refractivity contribution in [2.24, 2.45) is 0 Å². The standard InChI is InChI=1S/C26H28F2N2O4S/c1-25(2,3)34-24(32)26(4,5)35-20-9-7-19(8-10-20)23(31)33-16-18-13-29-30(15-18)14-17-6-11-21(27)22(28)12-17/h6-13,15H,14,16H2,1-5H3. The van der Waals surface area contributed by atoms with Crippen LogP contribution in [0.15, 0.2) is 59.8 Å². The highest BCUT2D eigenvalue weighted by atomic mass is 32.2. The Morgan fingerprint density at radius 1 is 0.971 bits per heavy atom. The van der Waals surface area contributed by atoms with Crippen molar-refractivity contribution in [1.29, 1.82) is 0 Å². The molecule has 0 saturated heterocycles. The van der Waals surface area contributed by atoms with E-state index < -0.39 is 28.0 Å². The van der Waals surface area contributed by atoms with Crippen molar-refractivity contribution in [3.63, 3.8) is 0 Å². The monoisotopic (exact) mass is 502 g/mol. The van der Waals surface area contributed by atoms with E-state index in [2.05, 4.69) is 5.10 Å². The van der Waals surface area contributed by atoms with Gasteiger partial charge in [0.15, 0.2) is 11.6 Å². The first-order valence-electron chi connectivity index (χ1n) is 11.0. The fraction of sp³-hybridized carbons (Fsp3) is 0.346. The van der Waals surface area contributed by atoms with Crippen molar-refractivity contribution < 1.29 is 27.8 Å². The zero-order valence-electron chi connectivity index (χ0n) is 20.3. The van der Waals surface area contributed by atoms with Gasteiger partial charge in [-0.3, -0.25) is 9.48 Å². The van der Waals surface area contributed by atoms with Gasteiger partial charge < -0.3 is 9.47 Å². The van der Waals surface area contributed by atoms with Gasteiger partial charge in [-0.15, -0.1) is 11.8 Å². The third-order valence-electron chi connectivity index (χ3n) is 4.74. The molecule has 0 aliphatic heterocycles. The molecule has 0 amide bonds. The molecule has 186 valence electrons. The molecule has 35 heavy (non-hydrogen) atoms. The third-order valence-corrected chi connectivity index (χ3v) is 5.92. The van der Waals surface area contributed by atoms with Gasteiger partial charge >= 0.3 is 11.9 Å². The van der Waals surface area contributed by atoms with Crippen LogP contribution in [0.3, 0.4) is 0 Å².